The van der Waals surface area contributed by atoms with Gasteiger partial charge >= 0.3 is 0 Å². The van der Waals surface area contributed by atoms with Crippen LogP contribution in [0.5, 0.6) is 0 Å². The van der Waals surface area contributed by atoms with Crippen LogP contribution in [0.4, 0.5) is 0 Å². The molecule has 0 aliphatic carbocycles. The molecule has 0 radical (unpaired) electrons. The average molecular weight is 207 g/mol. The van der Waals surface area contributed by atoms with Crippen molar-refractivity contribution < 1.29 is 8.42 Å². The first-order chi connectivity index (χ1) is 5.91. The Hall–Kier alpha value is -0.0900. The third kappa shape index (κ3) is 5.26. The van der Waals surface area contributed by atoms with Crippen LogP contribution >= 0.6 is 0 Å². The molecule has 0 aromatic heterocycles. The summed E-state index contributed by atoms with van der Waals surface area (Å²) in [5.41, 5.74) is 0. The second kappa shape index (κ2) is 5.60. The Morgan fingerprint density at radius 2 is 1.85 bits per heavy atom. The van der Waals surface area contributed by atoms with E-state index in [0.717, 1.165) is 12.8 Å². The normalized spacial score (nSPS) is 14.8. The van der Waals surface area contributed by atoms with Crippen LogP contribution in [0.15, 0.2) is 0 Å². The van der Waals surface area contributed by atoms with Crippen LogP contribution in [0.3, 0.4) is 0 Å². The molecule has 0 amide bonds. The van der Waals surface area contributed by atoms with E-state index in [1.165, 1.54) is 6.26 Å². The highest BCUT2D eigenvalue weighted by atomic mass is 32.2. The number of rotatable bonds is 6. The van der Waals surface area contributed by atoms with Crippen LogP contribution in [0, 0.1) is 5.92 Å². The number of nitrogens with zero attached hydrogens (tertiary/aromatic N) is 1. The lowest BCUT2D eigenvalue weighted by Crippen LogP contribution is -2.34. The minimum absolute atomic E-state index is 0.446. The van der Waals surface area contributed by atoms with E-state index in [0.29, 0.717) is 19.0 Å². The third-order valence-electron chi connectivity index (χ3n) is 2.15. The van der Waals surface area contributed by atoms with Crippen molar-refractivity contribution in [3.05, 3.63) is 0 Å². The summed E-state index contributed by atoms with van der Waals surface area (Å²) in [6.45, 7) is 7.45. The predicted octanol–water partition coefficient (Wildman–Crippen LogP) is 1.70. The maximum absolute atomic E-state index is 11.3. The molecule has 3 nitrogen and oxygen atoms in total. The van der Waals surface area contributed by atoms with E-state index in [2.05, 4.69) is 13.8 Å². The van der Waals surface area contributed by atoms with Crippen LogP contribution < -0.4 is 0 Å². The fourth-order valence-electron chi connectivity index (χ4n) is 1.12. The van der Waals surface area contributed by atoms with Gasteiger partial charge in [-0.15, -0.1) is 0 Å². The minimum atomic E-state index is -3.00. The summed E-state index contributed by atoms with van der Waals surface area (Å²) in [4.78, 5) is 0. The van der Waals surface area contributed by atoms with Crippen LogP contribution in [-0.2, 0) is 10.0 Å². The zero-order valence-corrected chi connectivity index (χ0v) is 9.89. The van der Waals surface area contributed by atoms with E-state index in [9.17, 15) is 8.42 Å². The lowest BCUT2D eigenvalue weighted by molar-refractivity contribution is 0.352. The third-order valence-corrected chi connectivity index (χ3v) is 3.42. The Balaban J connectivity index is 4.27. The summed E-state index contributed by atoms with van der Waals surface area (Å²) in [7, 11) is -3.00. The molecule has 0 fully saturated rings. The molecule has 0 aromatic carbocycles. The lowest BCUT2D eigenvalue weighted by atomic mass is 10.1. The molecule has 0 heterocycles. The summed E-state index contributed by atoms with van der Waals surface area (Å²) in [6.07, 6.45) is 3.18. The maximum atomic E-state index is 11.3. The molecule has 0 unspecified atom stereocenters. The van der Waals surface area contributed by atoms with Gasteiger partial charge in [-0.05, 0) is 12.3 Å². The number of hydrogen-bond acceptors (Lipinski definition) is 2. The van der Waals surface area contributed by atoms with Crippen molar-refractivity contribution in [2.24, 2.45) is 5.92 Å². The Morgan fingerprint density at radius 3 is 2.15 bits per heavy atom. The Bertz CT molecular complexity index is 224. The molecule has 0 aliphatic rings. The Morgan fingerprint density at radius 1 is 1.31 bits per heavy atom. The van der Waals surface area contributed by atoms with Gasteiger partial charge in [-0.25, -0.2) is 12.7 Å². The van der Waals surface area contributed by atoms with Gasteiger partial charge in [0.25, 0.3) is 0 Å². The monoisotopic (exact) mass is 207 g/mol. The smallest absolute Gasteiger partial charge is 0.211 e. The van der Waals surface area contributed by atoms with Gasteiger partial charge < -0.3 is 0 Å². The lowest BCUT2D eigenvalue weighted by Gasteiger charge is -2.22. The molecule has 0 bridgehead atoms. The maximum Gasteiger partial charge on any atom is 0.211 e. The van der Waals surface area contributed by atoms with Gasteiger partial charge in [0.1, 0.15) is 0 Å². The molecule has 1 atom stereocenters. The van der Waals surface area contributed by atoms with Gasteiger partial charge in [-0.2, -0.15) is 0 Å². The minimum Gasteiger partial charge on any atom is -0.213 e. The molecule has 0 saturated heterocycles. The quantitative estimate of drug-likeness (QED) is 0.665. The second-order valence-corrected chi connectivity index (χ2v) is 5.62. The largest absolute Gasteiger partial charge is 0.213 e. The molecular weight excluding hydrogens is 186 g/mol. The van der Waals surface area contributed by atoms with E-state index < -0.39 is 10.0 Å². The zero-order chi connectivity index (χ0) is 10.5. The summed E-state index contributed by atoms with van der Waals surface area (Å²) in [6, 6.07) is 0. The van der Waals surface area contributed by atoms with Crippen molar-refractivity contribution in [2.45, 2.75) is 33.6 Å². The van der Waals surface area contributed by atoms with E-state index in [1.807, 2.05) is 6.92 Å². The van der Waals surface area contributed by atoms with Gasteiger partial charge in [0.2, 0.25) is 10.0 Å². The van der Waals surface area contributed by atoms with Crippen molar-refractivity contribution in [1.82, 2.24) is 4.31 Å². The first-order valence-electron chi connectivity index (χ1n) is 4.86. The van der Waals surface area contributed by atoms with E-state index in [1.54, 1.807) is 4.31 Å². The molecular formula is C9H21NO2S. The van der Waals surface area contributed by atoms with E-state index in [-0.39, 0.29) is 0 Å². The number of hydrogen-bond donors (Lipinski definition) is 0. The Labute approximate surface area is 82.2 Å². The second-order valence-electron chi connectivity index (χ2n) is 3.63. The fraction of sp³-hybridized carbons (Fsp3) is 1.00. The van der Waals surface area contributed by atoms with Gasteiger partial charge in [-0.3, -0.25) is 0 Å². The van der Waals surface area contributed by atoms with Gasteiger partial charge in [0.15, 0.2) is 0 Å². The van der Waals surface area contributed by atoms with Crippen LogP contribution in [0.25, 0.3) is 0 Å². The van der Waals surface area contributed by atoms with Crippen molar-refractivity contribution in [1.29, 1.82) is 0 Å². The summed E-state index contributed by atoms with van der Waals surface area (Å²) < 4.78 is 24.2. The van der Waals surface area contributed by atoms with Gasteiger partial charge in [0, 0.05) is 13.1 Å². The van der Waals surface area contributed by atoms with E-state index in [4.69, 9.17) is 0 Å². The van der Waals surface area contributed by atoms with Crippen molar-refractivity contribution in [3.63, 3.8) is 0 Å². The molecule has 0 N–H and O–H groups in total. The molecule has 0 spiro atoms. The van der Waals surface area contributed by atoms with Gasteiger partial charge in [0.05, 0.1) is 6.26 Å². The van der Waals surface area contributed by atoms with Crippen LogP contribution in [0.1, 0.15) is 33.6 Å². The molecule has 0 rings (SSSR count). The highest BCUT2D eigenvalue weighted by Crippen LogP contribution is 2.08. The summed E-state index contributed by atoms with van der Waals surface area (Å²) in [5, 5.41) is 0. The summed E-state index contributed by atoms with van der Waals surface area (Å²) >= 11 is 0. The fourth-order valence-corrected chi connectivity index (χ4v) is 2.16. The van der Waals surface area contributed by atoms with Gasteiger partial charge in [-0.1, -0.05) is 27.2 Å². The summed E-state index contributed by atoms with van der Waals surface area (Å²) in [5.74, 6) is 0.446. The van der Waals surface area contributed by atoms with Crippen molar-refractivity contribution in [2.75, 3.05) is 19.3 Å². The first-order valence-corrected chi connectivity index (χ1v) is 6.71. The Kier molecular flexibility index (Phi) is 5.56. The number of sulfonamides is 1. The van der Waals surface area contributed by atoms with Crippen LogP contribution in [0.2, 0.25) is 0 Å². The molecule has 4 heteroatoms. The highest BCUT2D eigenvalue weighted by Gasteiger charge is 2.17. The predicted molar refractivity (Wildman–Crippen MR) is 56.2 cm³/mol. The SMILES string of the molecule is CCCN(C[C@@H](C)CC)S(C)(=O)=O. The molecule has 0 aromatic rings. The van der Waals surface area contributed by atoms with Crippen LogP contribution in [-0.4, -0.2) is 32.1 Å². The zero-order valence-electron chi connectivity index (χ0n) is 9.08. The topological polar surface area (TPSA) is 37.4 Å². The van der Waals surface area contributed by atoms with Crippen molar-refractivity contribution in [3.8, 4) is 0 Å². The van der Waals surface area contributed by atoms with E-state index >= 15 is 0 Å². The first kappa shape index (κ1) is 12.9. The standard InChI is InChI=1S/C9H21NO2S/c1-5-7-10(13(4,11)12)8-9(3)6-2/h9H,5-8H2,1-4H3/t9-/m0/s1. The average Bonchev–Trinajstić information content (AvgIpc) is 2.01. The molecule has 13 heavy (non-hydrogen) atoms. The molecule has 80 valence electrons. The highest BCUT2D eigenvalue weighted by molar-refractivity contribution is 7.88. The van der Waals surface area contributed by atoms with Crippen molar-refractivity contribution >= 4 is 10.0 Å². The molecule has 0 aliphatic heterocycles. The molecule has 0 saturated carbocycles.